The second-order valence-corrected chi connectivity index (χ2v) is 6.98. The van der Waals surface area contributed by atoms with Gasteiger partial charge >= 0.3 is 0 Å². The molecule has 0 saturated carbocycles. The van der Waals surface area contributed by atoms with Crippen LogP contribution >= 0.6 is 23.4 Å². The third-order valence-electron chi connectivity index (χ3n) is 3.72. The van der Waals surface area contributed by atoms with Crippen molar-refractivity contribution in [3.63, 3.8) is 0 Å². The third-order valence-corrected chi connectivity index (χ3v) is 4.90. The van der Waals surface area contributed by atoms with Crippen LogP contribution in [0.25, 0.3) is 11.4 Å². The Labute approximate surface area is 165 Å². The molecule has 3 rings (SSSR count). The van der Waals surface area contributed by atoms with Gasteiger partial charge in [0.25, 0.3) is 0 Å². The Morgan fingerprint density at radius 3 is 2.74 bits per heavy atom. The summed E-state index contributed by atoms with van der Waals surface area (Å²) in [5.74, 6) is 7.37. The lowest BCUT2D eigenvalue weighted by atomic mass is 10.2. The maximum atomic E-state index is 12.1. The van der Waals surface area contributed by atoms with Gasteiger partial charge in [0, 0.05) is 17.1 Å². The molecule has 9 heteroatoms. The number of methoxy groups -OCH3 is 1. The lowest BCUT2D eigenvalue weighted by Gasteiger charge is -2.06. The van der Waals surface area contributed by atoms with E-state index in [0.717, 1.165) is 16.9 Å². The number of halogens is 1. The first-order valence-corrected chi connectivity index (χ1v) is 9.42. The summed E-state index contributed by atoms with van der Waals surface area (Å²) in [5.41, 5.74) is 1.74. The van der Waals surface area contributed by atoms with Crippen molar-refractivity contribution in [2.24, 2.45) is 0 Å². The van der Waals surface area contributed by atoms with E-state index in [1.807, 2.05) is 42.5 Å². The van der Waals surface area contributed by atoms with Crippen molar-refractivity contribution in [1.29, 1.82) is 0 Å². The first-order chi connectivity index (χ1) is 13.1. The monoisotopic (exact) mass is 403 g/mol. The number of carbonyl (C=O) groups excluding carboxylic acids is 1. The quantitative estimate of drug-likeness (QED) is 0.465. The van der Waals surface area contributed by atoms with Crippen molar-refractivity contribution in [2.45, 2.75) is 11.7 Å². The average Bonchev–Trinajstić information content (AvgIpc) is 3.05. The van der Waals surface area contributed by atoms with Crippen LogP contribution in [-0.4, -0.2) is 33.6 Å². The number of nitrogens with two attached hydrogens (primary N) is 1. The maximum absolute atomic E-state index is 12.1. The predicted octanol–water partition coefficient (Wildman–Crippen LogP) is 2.73. The lowest BCUT2D eigenvalue weighted by molar-refractivity contribution is -0.118. The summed E-state index contributed by atoms with van der Waals surface area (Å²) in [6, 6.07) is 14.7. The standard InChI is InChI=1S/C18H18ClN5O2S/c1-26-15-7-5-13(6-8-15)17-22-23-18(24(17)20)27-11-16(25)21-10-12-3-2-4-14(19)9-12/h2-9H,10-11,20H2,1H3,(H,21,25). The first-order valence-electron chi connectivity index (χ1n) is 8.05. The zero-order chi connectivity index (χ0) is 19.2. The topological polar surface area (TPSA) is 95.1 Å². The zero-order valence-corrected chi connectivity index (χ0v) is 16.1. The number of thioether (sulfide) groups is 1. The van der Waals surface area contributed by atoms with E-state index in [-0.39, 0.29) is 11.7 Å². The summed E-state index contributed by atoms with van der Waals surface area (Å²) in [6.45, 7) is 0.409. The number of hydrogen-bond acceptors (Lipinski definition) is 6. The molecule has 0 saturated heterocycles. The number of rotatable bonds is 7. The van der Waals surface area contributed by atoms with E-state index < -0.39 is 0 Å². The predicted molar refractivity (Wildman–Crippen MR) is 106 cm³/mol. The van der Waals surface area contributed by atoms with Gasteiger partial charge in [-0.15, -0.1) is 10.2 Å². The largest absolute Gasteiger partial charge is 0.497 e. The van der Waals surface area contributed by atoms with E-state index in [4.69, 9.17) is 22.2 Å². The van der Waals surface area contributed by atoms with Crippen LogP contribution in [0.3, 0.4) is 0 Å². The normalized spacial score (nSPS) is 10.6. The highest BCUT2D eigenvalue weighted by molar-refractivity contribution is 7.99. The zero-order valence-electron chi connectivity index (χ0n) is 14.6. The molecule has 0 spiro atoms. The van der Waals surface area contributed by atoms with E-state index in [1.54, 1.807) is 13.2 Å². The molecule has 7 nitrogen and oxygen atoms in total. The summed E-state index contributed by atoms with van der Waals surface area (Å²) in [6.07, 6.45) is 0. The van der Waals surface area contributed by atoms with E-state index in [1.165, 1.54) is 16.4 Å². The molecule has 0 fully saturated rings. The molecule has 1 aromatic heterocycles. The van der Waals surface area contributed by atoms with Crippen molar-refractivity contribution < 1.29 is 9.53 Å². The minimum Gasteiger partial charge on any atom is -0.497 e. The van der Waals surface area contributed by atoms with Gasteiger partial charge in [-0.05, 0) is 42.0 Å². The molecular weight excluding hydrogens is 386 g/mol. The molecule has 0 unspecified atom stereocenters. The van der Waals surface area contributed by atoms with Crippen LogP contribution in [0.2, 0.25) is 5.02 Å². The average molecular weight is 404 g/mol. The van der Waals surface area contributed by atoms with Crippen LogP contribution in [-0.2, 0) is 11.3 Å². The molecule has 3 N–H and O–H groups in total. The number of amides is 1. The summed E-state index contributed by atoms with van der Waals surface area (Å²) in [4.78, 5) is 12.1. The van der Waals surface area contributed by atoms with Gasteiger partial charge in [0.15, 0.2) is 5.82 Å². The van der Waals surface area contributed by atoms with Crippen molar-refractivity contribution in [3.8, 4) is 17.1 Å². The Kier molecular flexibility index (Phi) is 6.20. The second kappa shape index (κ2) is 8.79. The van der Waals surface area contributed by atoms with Gasteiger partial charge in [-0.3, -0.25) is 4.79 Å². The Bertz CT molecular complexity index is 930. The van der Waals surface area contributed by atoms with Gasteiger partial charge in [0.2, 0.25) is 11.1 Å². The molecule has 0 atom stereocenters. The SMILES string of the molecule is COc1ccc(-c2nnc(SCC(=O)NCc3cccc(Cl)c3)n2N)cc1. The summed E-state index contributed by atoms with van der Waals surface area (Å²) in [7, 11) is 1.60. The number of ether oxygens (including phenoxy) is 1. The van der Waals surface area contributed by atoms with E-state index in [0.29, 0.717) is 22.5 Å². The molecule has 27 heavy (non-hydrogen) atoms. The van der Waals surface area contributed by atoms with Crippen molar-refractivity contribution in [2.75, 3.05) is 18.7 Å². The number of nitrogen functional groups attached to an aromatic ring is 1. The number of nitrogens with one attached hydrogen (secondary N) is 1. The van der Waals surface area contributed by atoms with E-state index in [2.05, 4.69) is 15.5 Å². The molecule has 3 aromatic rings. The Morgan fingerprint density at radius 1 is 1.26 bits per heavy atom. The molecule has 1 amide bonds. The highest BCUT2D eigenvalue weighted by Gasteiger charge is 2.14. The Hall–Kier alpha value is -2.71. The van der Waals surface area contributed by atoms with Gasteiger partial charge in [0.1, 0.15) is 5.75 Å². The number of hydrogen-bond donors (Lipinski definition) is 2. The van der Waals surface area contributed by atoms with Gasteiger partial charge < -0.3 is 15.9 Å². The minimum atomic E-state index is -0.131. The van der Waals surface area contributed by atoms with Crippen LogP contribution in [0.4, 0.5) is 0 Å². The molecule has 0 aliphatic heterocycles. The van der Waals surface area contributed by atoms with E-state index in [9.17, 15) is 4.79 Å². The van der Waals surface area contributed by atoms with Crippen molar-refractivity contribution in [3.05, 3.63) is 59.1 Å². The second-order valence-electron chi connectivity index (χ2n) is 5.60. The Morgan fingerprint density at radius 2 is 2.04 bits per heavy atom. The van der Waals surface area contributed by atoms with Gasteiger partial charge in [0.05, 0.1) is 12.9 Å². The molecule has 0 aliphatic rings. The van der Waals surface area contributed by atoms with Crippen LogP contribution in [0.5, 0.6) is 5.75 Å². The molecule has 0 radical (unpaired) electrons. The molecule has 1 heterocycles. The van der Waals surface area contributed by atoms with Gasteiger partial charge in [-0.25, -0.2) is 4.68 Å². The van der Waals surface area contributed by atoms with Crippen molar-refractivity contribution >= 4 is 29.3 Å². The fourth-order valence-electron chi connectivity index (χ4n) is 2.34. The smallest absolute Gasteiger partial charge is 0.230 e. The summed E-state index contributed by atoms with van der Waals surface area (Å²) < 4.78 is 6.51. The fourth-order valence-corrected chi connectivity index (χ4v) is 3.24. The van der Waals surface area contributed by atoms with Crippen molar-refractivity contribution in [1.82, 2.24) is 20.2 Å². The van der Waals surface area contributed by atoms with Crippen LogP contribution < -0.4 is 15.9 Å². The highest BCUT2D eigenvalue weighted by Crippen LogP contribution is 2.23. The minimum absolute atomic E-state index is 0.131. The van der Waals surface area contributed by atoms with Crippen LogP contribution in [0.15, 0.2) is 53.7 Å². The number of benzene rings is 2. The first kappa shape index (κ1) is 19.1. The summed E-state index contributed by atoms with van der Waals surface area (Å²) >= 11 is 7.15. The maximum Gasteiger partial charge on any atom is 0.230 e. The number of aromatic nitrogens is 3. The van der Waals surface area contributed by atoms with Gasteiger partial charge in [-0.2, -0.15) is 0 Å². The van der Waals surface area contributed by atoms with Crippen LogP contribution in [0, 0.1) is 0 Å². The Balaban J connectivity index is 1.56. The molecule has 0 aliphatic carbocycles. The molecular formula is C18H18ClN5O2S. The van der Waals surface area contributed by atoms with E-state index >= 15 is 0 Å². The molecule has 140 valence electrons. The molecule has 0 bridgehead atoms. The fraction of sp³-hybridized carbons (Fsp3) is 0.167. The molecule has 2 aromatic carbocycles. The lowest BCUT2D eigenvalue weighted by Crippen LogP contribution is -2.25. The van der Waals surface area contributed by atoms with Crippen LogP contribution in [0.1, 0.15) is 5.56 Å². The third kappa shape index (κ3) is 4.93. The number of nitrogens with zero attached hydrogens (tertiary/aromatic N) is 3. The summed E-state index contributed by atoms with van der Waals surface area (Å²) in [5, 5.41) is 12.1. The highest BCUT2D eigenvalue weighted by atomic mass is 35.5. The number of carbonyl (C=O) groups is 1. The van der Waals surface area contributed by atoms with Gasteiger partial charge in [-0.1, -0.05) is 35.5 Å².